The summed E-state index contributed by atoms with van der Waals surface area (Å²) in [5.41, 5.74) is 3.24. The van der Waals surface area contributed by atoms with Crippen LogP contribution in [0.2, 0.25) is 0 Å². The number of ether oxygens (including phenoxy) is 1. The lowest BCUT2D eigenvalue weighted by molar-refractivity contribution is -0.274. The van der Waals surface area contributed by atoms with Gasteiger partial charge < -0.3 is 15.2 Å². The molecule has 0 aromatic heterocycles. The lowest BCUT2D eigenvalue weighted by Gasteiger charge is -2.42. The van der Waals surface area contributed by atoms with Crippen LogP contribution in [-0.2, 0) is 11.2 Å². The minimum atomic E-state index is -4.74. The zero-order valence-corrected chi connectivity index (χ0v) is 21.5. The van der Waals surface area contributed by atoms with Gasteiger partial charge in [-0.1, -0.05) is 39.3 Å². The molecule has 0 spiro atoms. The molecule has 0 saturated heterocycles. The monoisotopic (exact) mass is 516 g/mol. The molecule has 37 heavy (non-hydrogen) atoms. The number of anilines is 1. The minimum Gasteiger partial charge on any atom is -0.481 e. The molecule has 4 rings (SSSR count). The van der Waals surface area contributed by atoms with E-state index in [0.29, 0.717) is 53.1 Å². The fraction of sp³-hybridized carbons (Fsp3) is 0.517. The molecule has 1 saturated carbocycles. The summed E-state index contributed by atoms with van der Waals surface area (Å²) in [6.45, 7) is 6.93. The molecule has 2 N–H and O–H groups in total. The summed E-state index contributed by atoms with van der Waals surface area (Å²) in [4.78, 5) is 16.3. The normalized spacial score (nSPS) is 24.1. The van der Waals surface area contributed by atoms with Crippen LogP contribution in [0, 0.1) is 23.7 Å². The number of rotatable bonds is 6. The molecule has 2 aromatic rings. The molecule has 1 fully saturated rings. The SMILES string of the molecule is CC(C)[C@@H]1CC[C@@H](C)CC1[C@H]1CCC(Nc2ccc(OC(F)(F)F)cc2)=Nc2cc(CC(=O)O)ccc21. The number of carboxylic acids is 1. The summed E-state index contributed by atoms with van der Waals surface area (Å²) >= 11 is 0. The Bertz CT molecular complexity index is 1130. The number of hydrogen-bond acceptors (Lipinski definition) is 4. The maximum atomic E-state index is 12.5. The molecular weight excluding hydrogens is 481 g/mol. The smallest absolute Gasteiger partial charge is 0.481 e. The van der Waals surface area contributed by atoms with Crippen molar-refractivity contribution in [2.75, 3.05) is 5.32 Å². The summed E-state index contributed by atoms with van der Waals surface area (Å²) < 4.78 is 41.5. The van der Waals surface area contributed by atoms with Crippen LogP contribution in [0.5, 0.6) is 5.75 Å². The van der Waals surface area contributed by atoms with Crippen molar-refractivity contribution in [3.8, 4) is 5.75 Å². The van der Waals surface area contributed by atoms with Gasteiger partial charge in [0.25, 0.3) is 0 Å². The molecule has 0 bridgehead atoms. The van der Waals surface area contributed by atoms with E-state index in [1.54, 1.807) is 0 Å². The fourth-order valence-electron chi connectivity index (χ4n) is 6.11. The molecule has 1 heterocycles. The van der Waals surface area contributed by atoms with Gasteiger partial charge in [-0.25, -0.2) is 4.99 Å². The molecule has 0 radical (unpaired) electrons. The number of carboxylic acid groups (broad SMARTS) is 1. The first-order chi connectivity index (χ1) is 17.5. The van der Waals surface area contributed by atoms with E-state index in [0.717, 1.165) is 24.1 Å². The zero-order chi connectivity index (χ0) is 26.7. The summed E-state index contributed by atoms with van der Waals surface area (Å²) in [5, 5.41) is 12.6. The van der Waals surface area contributed by atoms with Crippen LogP contribution in [0.3, 0.4) is 0 Å². The molecular formula is C29H35F3N2O3. The fourth-order valence-corrected chi connectivity index (χ4v) is 6.11. The summed E-state index contributed by atoms with van der Waals surface area (Å²) in [6.07, 6.45) is 0.381. The maximum Gasteiger partial charge on any atom is 0.573 e. The van der Waals surface area contributed by atoms with Crippen molar-refractivity contribution in [1.82, 2.24) is 0 Å². The molecule has 200 valence electrons. The Kier molecular flexibility index (Phi) is 8.14. The lowest BCUT2D eigenvalue weighted by atomic mass is 9.63. The highest BCUT2D eigenvalue weighted by Crippen LogP contribution is 2.49. The Morgan fingerprint density at radius 2 is 1.86 bits per heavy atom. The molecule has 1 unspecified atom stereocenters. The Labute approximate surface area is 216 Å². The van der Waals surface area contributed by atoms with Gasteiger partial charge in [0.2, 0.25) is 0 Å². The Balaban J connectivity index is 1.64. The van der Waals surface area contributed by atoms with Crippen molar-refractivity contribution < 1.29 is 27.8 Å². The van der Waals surface area contributed by atoms with E-state index in [4.69, 9.17) is 4.99 Å². The predicted molar refractivity (Wildman–Crippen MR) is 138 cm³/mol. The highest BCUT2D eigenvalue weighted by molar-refractivity contribution is 5.97. The van der Waals surface area contributed by atoms with Gasteiger partial charge in [0.1, 0.15) is 11.6 Å². The van der Waals surface area contributed by atoms with Gasteiger partial charge in [0.15, 0.2) is 0 Å². The second kappa shape index (κ2) is 11.2. The third-order valence-electron chi connectivity index (χ3n) is 7.76. The standard InChI is InChI=1S/C29H35F3N2O3/c1-17(2)22-10-4-18(3)14-25(22)23-12-13-27(33-20-6-8-21(9-7-20)37-29(30,31)32)34-26-15-19(16-28(35)36)5-11-24(23)26/h5-9,11,15,17-18,22-23,25H,4,10,12-14,16H2,1-3H3,(H,33,34)(H,35,36)/t18-,22+,23+,25?/m1/s1. The molecule has 0 amide bonds. The molecule has 2 aromatic carbocycles. The number of fused-ring (bicyclic) bond motifs is 1. The first kappa shape index (κ1) is 27.0. The van der Waals surface area contributed by atoms with Gasteiger partial charge in [0, 0.05) is 12.1 Å². The van der Waals surface area contributed by atoms with Crippen LogP contribution in [0.4, 0.5) is 24.5 Å². The lowest BCUT2D eigenvalue weighted by Crippen LogP contribution is -2.32. The molecule has 1 aliphatic heterocycles. The van der Waals surface area contributed by atoms with Gasteiger partial charge in [-0.2, -0.15) is 0 Å². The third kappa shape index (κ3) is 7.05. The number of carbonyl (C=O) groups is 1. The predicted octanol–water partition coefficient (Wildman–Crippen LogP) is 7.94. The first-order valence-corrected chi connectivity index (χ1v) is 13.0. The topological polar surface area (TPSA) is 70.9 Å². The molecule has 8 heteroatoms. The average molecular weight is 517 g/mol. The molecule has 1 aliphatic carbocycles. The van der Waals surface area contributed by atoms with Crippen molar-refractivity contribution in [1.29, 1.82) is 0 Å². The van der Waals surface area contributed by atoms with E-state index in [-0.39, 0.29) is 12.2 Å². The molecule has 4 atom stereocenters. The largest absolute Gasteiger partial charge is 0.573 e. The second-order valence-corrected chi connectivity index (χ2v) is 10.9. The van der Waals surface area contributed by atoms with Crippen molar-refractivity contribution >= 4 is 23.2 Å². The highest BCUT2D eigenvalue weighted by atomic mass is 19.4. The molecule has 5 nitrogen and oxygen atoms in total. The summed E-state index contributed by atoms with van der Waals surface area (Å²) in [6, 6.07) is 11.4. The van der Waals surface area contributed by atoms with E-state index in [1.807, 2.05) is 12.1 Å². The van der Waals surface area contributed by atoms with Gasteiger partial charge in [0.05, 0.1) is 12.1 Å². The quantitative estimate of drug-likeness (QED) is 0.409. The van der Waals surface area contributed by atoms with Crippen molar-refractivity contribution in [2.45, 2.75) is 71.6 Å². The first-order valence-electron chi connectivity index (χ1n) is 13.0. The van der Waals surface area contributed by atoms with Crippen LogP contribution >= 0.6 is 0 Å². The number of halogens is 3. The van der Waals surface area contributed by atoms with Crippen molar-refractivity contribution in [3.63, 3.8) is 0 Å². The van der Waals surface area contributed by atoms with Crippen LogP contribution in [0.25, 0.3) is 0 Å². The number of aliphatic carboxylic acids is 1. The average Bonchev–Trinajstić information content (AvgIpc) is 2.97. The van der Waals surface area contributed by atoms with Gasteiger partial charge >= 0.3 is 12.3 Å². The summed E-state index contributed by atoms with van der Waals surface area (Å²) in [5.74, 6) is 2.20. The van der Waals surface area contributed by atoms with E-state index in [2.05, 4.69) is 36.9 Å². The Morgan fingerprint density at radius 1 is 1.14 bits per heavy atom. The zero-order valence-electron chi connectivity index (χ0n) is 21.5. The number of nitrogens with zero attached hydrogens (tertiary/aromatic N) is 1. The van der Waals surface area contributed by atoms with Gasteiger partial charge in [-0.15, -0.1) is 13.2 Å². The Hall–Kier alpha value is -3.03. The number of benzene rings is 2. The van der Waals surface area contributed by atoms with Crippen molar-refractivity contribution in [3.05, 3.63) is 53.6 Å². The van der Waals surface area contributed by atoms with Crippen LogP contribution in [-0.4, -0.2) is 23.3 Å². The van der Waals surface area contributed by atoms with E-state index in [9.17, 15) is 23.1 Å². The maximum absolute atomic E-state index is 12.5. The van der Waals surface area contributed by atoms with E-state index >= 15 is 0 Å². The Morgan fingerprint density at radius 3 is 2.51 bits per heavy atom. The van der Waals surface area contributed by atoms with Crippen LogP contribution in [0.1, 0.15) is 69.9 Å². The van der Waals surface area contributed by atoms with Crippen LogP contribution in [0.15, 0.2) is 47.5 Å². The molecule has 2 aliphatic rings. The summed E-state index contributed by atoms with van der Waals surface area (Å²) in [7, 11) is 0. The number of amidine groups is 1. The third-order valence-corrected chi connectivity index (χ3v) is 7.76. The number of alkyl halides is 3. The van der Waals surface area contributed by atoms with Crippen LogP contribution < -0.4 is 10.1 Å². The number of aliphatic imine (C=N–C) groups is 1. The minimum absolute atomic E-state index is 0.0774. The second-order valence-electron chi connectivity index (χ2n) is 10.9. The van der Waals surface area contributed by atoms with Gasteiger partial charge in [-0.05, 0) is 90.3 Å². The number of nitrogens with one attached hydrogen (secondary N) is 1. The van der Waals surface area contributed by atoms with E-state index in [1.165, 1.54) is 37.1 Å². The highest BCUT2D eigenvalue weighted by Gasteiger charge is 2.38. The number of hydrogen-bond donors (Lipinski definition) is 2. The van der Waals surface area contributed by atoms with E-state index < -0.39 is 12.3 Å². The van der Waals surface area contributed by atoms with Crippen molar-refractivity contribution in [2.24, 2.45) is 28.7 Å². The van der Waals surface area contributed by atoms with Gasteiger partial charge in [-0.3, -0.25) is 4.79 Å².